The van der Waals surface area contributed by atoms with Gasteiger partial charge in [-0.3, -0.25) is 0 Å². The number of hydrogen-bond acceptors (Lipinski definition) is 3. The summed E-state index contributed by atoms with van der Waals surface area (Å²) in [5.74, 6) is 4.28. The molecule has 1 aliphatic carbocycles. The molecule has 2 aromatic rings. The van der Waals surface area contributed by atoms with Crippen LogP contribution >= 0.6 is 0 Å². The second-order valence-corrected chi connectivity index (χ2v) is 9.36. The highest BCUT2D eigenvalue weighted by atomic mass is 16.4. The van der Waals surface area contributed by atoms with Gasteiger partial charge in [-0.15, -0.1) is 0 Å². The normalized spacial score (nSPS) is 18.7. The smallest absolute Gasteiger partial charge is 0.339 e. The van der Waals surface area contributed by atoms with Gasteiger partial charge in [-0.05, 0) is 65.5 Å². The first-order chi connectivity index (χ1) is 13.3. The van der Waals surface area contributed by atoms with Crippen molar-refractivity contribution in [1.29, 1.82) is 0 Å². The lowest BCUT2D eigenvalue weighted by Crippen LogP contribution is -2.37. The minimum atomic E-state index is -1.39. The van der Waals surface area contributed by atoms with Crippen LogP contribution in [0, 0.1) is 11.8 Å². The van der Waals surface area contributed by atoms with Crippen LogP contribution in [-0.4, -0.2) is 21.3 Å². The van der Waals surface area contributed by atoms with E-state index in [-0.39, 0.29) is 22.1 Å². The summed E-state index contributed by atoms with van der Waals surface area (Å²) in [4.78, 5) is 11.0. The number of aromatic carboxylic acids is 1. The highest BCUT2D eigenvalue weighted by Crippen LogP contribution is 2.48. The molecule has 0 saturated carbocycles. The lowest BCUT2D eigenvalue weighted by Gasteiger charge is -2.44. The van der Waals surface area contributed by atoms with E-state index in [2.05, 4.69) is 45.6 Å². The molecule has 2 aromatic carbocycles. The van der Waals surface area contributed by atoms with Crippen LogP contribution in [0.2, 0.25) is 0 Å². The molecule has 0 fully saturated rings. The summed E-state index contributed by atoms with van der Waals surface area (Å²) in [6.07, 6.45) is 2.11. The van der Waals surface area contributed by atoms with Crippen molar-refractivity contribution in [1.82, 2.24) is 0 Å². The Morgan fingerprint density at radius 3 is 2.34 bits per heavy atom. The third-order valence-electron chi connectivity index (χ3n) is 6.05. The lowest BCUT2D eigenvalue weighted by molar-refractivity contribution is 0.0693. The molecule has 3 rings (SSSR count). The third kappa shape index (κ3) is 3.88. The Hall–Kier alpha value is -2.77. The molecule has 0 aliphatic heterocycles. The van der Waals surface area contributed by atoms with Crippen LogP contribution < -0.4 is 0 Å². The first kappa shape index (κ1) is 21.0. The number of aromatic hydroxyl groups is 1. The molecular formula is C25H28O4. The van der Waals surface area contributed by atoms with E-state index in [0.29, 0.717) is 5.56 Å². The van der Waals surface area contributed by atoms with E-state index in [1.807, 2.05) is 12.1 Å². The van der Waals surface area contributed by atoms with Gasteiger partial charge in [0, 0.05) is 5.56 Å². The number of fused-ring (bicyclic) bond motifs is 1. The molecule has 1 unspecified atom stereocenters. The summed E-state index contributed by atoms with van der Waals surface area (Å²) < 4.78 is 0. The number of phenols is 1. The molecule has 3 N–H and O–H groups in total. The van der Waals surface area contributed by atoms with E-state index in [4.69, 9.17) is 5.11 Å². The van der Waals surface area contributed by atoms with E-state index in [1.54, 1.807) is 6.92 Å². The molecule has 0 saturated heterocycles. The van der Waals surface area contributed by atoms with Gasteiger partial charge in [-0.1, -0.05) is 57.7 Å². The average molecular weight is 392 g/mol. The van der Waals surface area contributed by atoms with E-state index in [1.165, 1.54) is 23.8 Å². The number of aliphatic hydroxyl groups is 1. The number of carbonyl (C=O) groups is 1. The summed E-state index contributed by atoms with van der Waals surface area (Å²) >= 11 is 0. The third-order valence-corrected chi connectivity index (χ3v) is 6.05. The van der Waals surface area contributed by atoms with Crippen molar-refractivity contribution >= 4 is 5.97 Å². The fourth-order valence-electron chi connectivity index (χ4n) is 4.19. The minimum absolute atomic E-state index is 0.0306. The van der Waals surface area contributed by atoms with Gasteiger partial charge in [-0.2, -0.15) is 0 Å². The topological polar surface area (TPSA) is 77.8 Å². The van der Waals surface area contributed by atoms with Gasteiger partial charge in [-0.25, -0.2) is 4.79 Å². The molecule has 0 spiro atoms. The van der Waals surface area contributed by atoms with E-state index >= 15 is 0 Å². The first-order valence-corrected chi connectivity index (χ1v) is 9.81. The molecule has 0 radical (unpaired) electrons. The van der Waals surface area contributed by atoms with Crippen LogP contribution in [0.25, 0.3) is 0 Å². The molecule has 0 heterocycles. The highest BCUT2D eigenvalue weighted by Gasteiger charge is 2.41. The Labute approximate surface area is 172 Å². The Morgan fingerprint density at radius 1 is 1.07 bits per heavy atom. The summed E-state index contributed by atoms with van der Waals surface area (Å²) in [5.41, 5.74) is 2.03. The molecular weight excluding hydrogens is 364 g/mol. The Morgan fingerprint density at radius 2 is 1.72 bits per heavy atom. The number of benzene rings is 2. The van der Waals surface area contributed by atoms with Gasteiger partial charge in [0.2, 0.25) is 0 Å². The summed E-state index contributed by atoms with van der Waals surface area (Å²) in [6.45, 7) is 10.6. The van der Waals surface area contributed by atoms with Gasteiger partial charge in [0.15, 0.2) is 0 Å². The number of rotatable bonds is 2. The number of carboxylic acid groups (broad SMARTS) is 1. The Kier molecular flexibility index (Phi) is 5.01. The maximum absolute atomic E-state index is 11.3. The molecule has 4 nitrogen and oxygen atoms in total. The second-order valence-electron chi connectivity index (χ2n) is 9.36. The molecule has 0 amide bonds. The zero-order chi connectivity index (χ0) is 21.6. The maximum Gasteiger partial charge on any atom is 0.339 e. The second kappa shape index (κ2) is 6.93. The zero-order valence-corrected chi connectivity index (χ0v) is 17.6. The van der Waals surface area contributed by atoms with Gasteiger partial charge in [0.1, 0.15) is 16.9 Å². The zero-order valence-electron chi connectivity index (χ0n) is 17.6. The number of carboxylic acids is 1. The monoisotopic (exact) mass is 392 g/mol. The van der Waals surface area contributed by atoms with Crippen molar-refractivity contribution in [2.45, 2.75) is 63.9 Å². The molecule has 1 aliphatic rings. The predicted octanol–water partition coefficient (Wildman–Crippen LogP) is 4.70. The van der Waals surface area contributed by atoms with Gasteiger partial charge >= 0.3 is 5.97 Å². The summed E-state index contributed by atoms with van der Waals surface area (Å²) in [7, 11) is 0. The van der Waals surface area contributed by atoms with Crippen LogP contribution in [0.15, 0.2) is 36.4 Å². The van der Waals surface area contributed by atoms with Crippen molar-refractivity contribution in [3.63, 3.8) is 0 Å². The minimum Gasteiger partial charge on any atom is -0.507 e. The van der Waals surface area contributed by atoms with Gasteiger partial charge in [0.05, 0.1) is 0 Å². The number of hydrogen-bond donors (Lipinski definition) is 3. The van der Waals surface area contributed by atoms with Crippen LogP contribution in [0.5, 0.6) is 5.75 Å². The largest absolute Gasteiger partial charge is 0.507 e. The highest BCUT2D eigenvalue weighted by molar-refractivity contribution is 5.90. The van der Waals surface area contributed by atoms with E-state index in [0.717, 1.165) is 24.0 Å². The van der Waals surface area contributed by atoms with E-state index < -0.39 is 11.6 Å². The molecule has 0 bridgehead atoms. The molecule has 1 atom stereocenters. The predicted molar refractivity (Wildman–Crippen MR) is 113 cm³/mol. The van der Waals surface area contributed by atoms with Gasteiger partial charge in [0.25, 0.3) is 0 Å². The first-order valence-electron chi connectivity index (χ1n) is 9.81. The van der Waals surface area contributed by atoms with Crippen molar-refractivity contribution < 1.29 is 20.1 Å². The summed E-state index contributed by atoms with van der Waals surface area (Å²) in [5, 5.41) is 30.2. The lowest BCUT2D eigenvalue weighted by atomic mass is 9.61. The van der Waals surface area contributed by atoms with Crippen LogP contribution in [0.4, 0.5) is 0 Å². The Balaban J connectivity index is 2.08. The molecule has 152 valence electrons. The SMILES string of the molecule is CC(O)(C#Cc1ccc(C(=O)O)c(O)c1)c1cccc2c1C(C)(C)CCC2(C)C. The van der Waals surface area contributed by atoms with Gasteiger partial charge < -0.3 is 15.3 Å². The van der Waals surface area contributed by atoms with Crippen molar-refractivity contribution in [2.24, 2.45) is 0 Å². The van der Waals surface area contributed by atoms with Crippen LogP contribution in [-0.2, 0) is 16.4 Å². The Bertz CT molecular complexity index is 1030. The van der Waals surface area contributed by atoms with Crippen molar-refractivity contribution in [3.8, 4) is 17.6 Å². The van der Waals surface area contributed by atoms with Crippen molar-refractivity contribution in [2.75, 3.05) is 0 Å². The van der Waals surface area contributed by atoms with Crippen LogP contribution in [0.1, 0.15) is 80.1 Å². The molecule has 4 heteroatoms. The van der Waals surface area contributed by atoms with E-state index in [9.17, 15) is 15.0 Å². The standard InChI is InChI=1S/C25H28O4/c1-23(2)13-14-24(3,4)21-18(23)7-6-8-19(21)25(5,29)12-11-16-9-10-17(22(27)28)20(26)15-16/h6-10,15,26,29H,13-14H2,1-5H3,(H,27,28). The quantitative estimate of drug-likeness (QED) is 0.648. The molecule has 0 aromatic heterocycles. The maximum atomic E-state index is 11.3. The fraction of sp³-hybridized carbons (Fsp3) is 0.400. The average Bonchev–Trinajstić information content (AvgIpc) is 2.63. The molecule has 29 heavy (non-hydrogen) atoms. The van der Waals surface area contributed by atoms with Crippen LogP contribution in [0.3, 0.4) is 0 Å². The summed E-state index contributed by atoms with van der Waals surface area (Å²) in [6, 6.07) is 10.2. The fourth-order valence-corrected chi connectivity index (χ4v) is 4.19. The van der Waals surface area contributed by atoms with Crippen molar-refractivity contribution in [3.05, 3.63) is 64.2 Å².